The zero-order valence-electron chi connectivity index (χ0n) is 10.7. The van der Waals surface area contributed by atoms with Gasteiger partial charge >= 0.3 is 0 Å². The number of carbonyl (C=O) groups excluding carboxylic acids is 1. The lowest BCUT2D eigenvalue weighted by atomic mass is 9.98. The van der Waals surface area contributed by atoms with Crippen LogP contribution in [-0.2, 0) is 6.54 Å². The minimum Gasteiger partial charge on any atom is -0.391 e. The molecule has 102 valence electrons. The second-order valence-corrected chi connectivity index (χ2v) is 4.79. The second kappa shape index (κ2) is 5.48. The third-order valence-electron chi connectivity index (χ3n) is 2.88. The van der Waals surface area contributed by atoms with Crippen LogP contribution in [0.25, 0.3) is 0 Å². The zero-order chi connectivity index (χ0) is 13.9. The van der Waals surface area contributed by atoms with Gasteiger partial charge < -0.3 is 15.0 Å². The highest BCUT2D eigenvalue weighted by Gasteiger charge is 2.27. The van der Waals surface area contributed by atoms with Gasteiger partial charge in [0, 0.05) is 6.20 Å². The summed E-state index contributed by atoms with van der Waals surface area (Å²) in [6, 6.07) is 3.00. The number of aliphatic hydroxyl groups is 1. The van der Waals surface area contributed by atoms with Gasteiger partial charge in [-0.25, -0.2) is 8.78 Å². The van der Waals surface area contributed by atoms with Crippen molar-refractivity contribution >= 4 is 5.91 Å². The van der Waals surface area contributed by atoms with Crippen LogP contribution in [0.2, 0.25) is 0 Å². The SMILES string of the molecule is CC(O)C(C)(C)NC(=O)c1cccn1CC(F)F. The first-order chi connectivity index (χ1) is 8.24. The van der Waals surface area contributed by atoms with Crippen molar-refractivity contribution in [1.82, 2.24) is 9.88 Å². The molecule has 0 aliphatic rings. The van der Waals surface area contributed by atoms with Crippen LogP contribution in [0.3, 0.4) is 0 Å². The highest BCUT2D eigenvalue weighted by atomic mass is 19.3. The van der Waals surface area contributed by atoms with E-state index >= 15 is 0 Å². The van der Waals surface area contributed by atoms with Gasteiger partial charge in [-0.2, -0.15) is 0 Å². The number of aromatic nitrogens is 1. The maximum Gasteiger partial charge on any atom is 0.268 e. The van der Waals surface area contributed by atoms with E-state index in [9.17, 15) is 18.7 Å². The fraction of sp³-hybridized carbons (Fsp3) is 0.583. The molecule has 1 aromatic rings. The van der Waals surface area contributed by atoms with Crippen LogP contribution in [0.4, 0.5) is 8.78 Å². The summed E-state index contributed by atoms with van der Waals surface area (Å²) in [6.45, 7) is 4.36. The molecule has 0 radical (unpaired) electrons. The molecule has 1 atom stereocenters. The van der Waals surface area contributed by atoms with Crippen molar-refractivity contribution < 1.29 is 18.7 Å². The molecule has 0 aromatic carbocycles. The fourth-order valence-electron chi connectivity index (χ4n) is 1.39. The van der Waals surface area contributed by atoms with E-state index in [-0.39, 0.29) is 5.69 Å². The predicted octanol–water partition coefficient (Wildman–Crippen LogP) is 1.64. The first-order valence-electron chi connectivity index (χ1n) is 5.68. The molecular formula is C12H18F2N2O2. The van der Waals surface area contributed by atoms with Gasteiger partial charge in [-0.1, -0.05) is 0 Å². The summed E-state index contributed by atoms with van der Waals surface area (Å²) in [4.78, 5) is 11.9. The van der Waals surface area contributed by atoms with Crippen LogP contribution in [0.5, 0.6) is 0 Å². The van der Waals surface area contributed by atoms with E-state index in [1.54, 1.807) is 20.8 Å². The van der Waals surface area contributed by atoms with Crippen LogP contribution in [-0.4, -0.2) is 33.6 Å². The molecule has 1 amide bonds. The Bertz CT molecular complexity index is 414. The molecule has 18 heavy (non-hydrogen) atoms. The summed E-state index contributed by atoms with van der Waals surface area (Å²) in [5.74, 6) is -0.480. The van der Waals surface area contributed by atoms with E-state index in [4.69, 9.17) is 0 Å². The quantitative estimate of drug-likeness (QED) is 0.845. The van der Waals surface area contributed by atoms with Crippen molar-refractivity contribution in [3.63, 3.8) is 0 Å². The van der Waals surface area contributed by atoms with Crippen molar-refractivity contribution in [2.24, 2.45) is 0 Å². The van der Waals surface area contributed by atoms with Gasteiger partial charge in [-0.3, -0.25) is 4.79 Å². The molecule has 0 aliphatic carbocycles. The lowest BCUT2D eigenvalue weighted by Gasteiger charge is -2.29. The molecule has 0 saturated heterocycles. The first kappa shape index (κ1) is 14.6. The van der Waals surface area contributed by atoms with Crippen molar-refractivity contribution in [1.29, 1.82) is 0 Å². The van der Waals surface area contributed by atoms with E-state index in [1.807, 2.05) is 0 Å². The predicted molar refractivity (Wildman–Crippen MR) is 63.7 cm³/mol. The van der Waals surface area contributed by atoms with Gasteiger partial charge in [0.1, 0.15) is 5.69 Å². The number of amides is 1. The summed E-state index contributed by atoms with van der Waals surface area (Å²) in [5, 5.41) is 12.1. The average Bonchev–Trinajstić information content (AvgIpc) is 2.63. The Kier molecular flexibility index (Phi) is 4.45. The molecule has 0 bridgehead atoms. The number of rotatable bonds is 5. The molecular weight excluding hydrogens is 242 g/mol. The topological polar surface area (TPSA) is 54.3 Å². The summed E-state index contributed by atoms with van der Waals surface area (Å²) in [7, 11) is 0. The molecule has 1 unspecified atom stereocenters. The smallest absolute Gasteiger partial charge is 0.268 e. The number of hydrogen-bond donors (Lipinski definition) is 2. The van der Waals surface area contributed by atoms with Gasteiger partial charge in [0.2, 0.25) is 0 Å². The highest BCUT2D eigenvalue weighted by Crippen LogP contribution is 2.12. The Labute approximate surface area is 105 Å². The summed E-state index contributed by atoms with van der Waals surface area (Å²) in [5.41, 5.74) is -0.666. The van der Waals surface area contributed by atoms with E-state index in [0.29, 0.717) is 0 Å². The fourth-order valence-corrected chi connectivity index (χ4v) is 1.39. The van der Waals surface area contributed by atoms with Crippen molar-refractivity contribution in [3.8, 4) is 0 Å². The number of carbonyl (C=O) groups is 1. The second-order valence-electron chi connectivity index (χ2n) is 4.79. The minimum atomic E-state index is -2.52. The van der Waals surface area contributed by atoms with Crippen LogP contribution in [0, 0.1) is 0 Å². The van der Waals surface area contributed by atoms with Gasteiger partial charge in [0.25, 0.3) is 12.3 Å². The van der Waals surface area contributed by atoms with E-state index < -0.39 is 30.5 Å². The van der Waals surface area contributed by atoms with Crippen molar-refractivity contribution in [2.45, 2.75) is 45.4 Å². The van der Waals surface area contributed by atoms with Crippen LogP contribution >= 0.6 is 0 Å². The number of nitrogens with one attached hydrogen (secondary N) is 1. The largest absolute Gasteiger partial charge is 0.391 e. The normalized spacial score (nSPS) is 13.7. The standard InChI is InChI=1S/C12H18F2N2O2/c1-8(17)12(2,3)15-11(18)9-5-4-6-16(9)7-10(13)14/h4-6,8,10,17H,7H2,1-3H3,(H,15,18). The molecule has 1 rings (SSSR count). The van der Waals surface area contributed by atoms with Gasteiger partial charge in [0.05, 0.1) is 18.2 Å². The van der Waals surface area contributed by atoms with E-state index in [0.717, 1.165) is 0 Å². The maximum atomic E-state index is 12.3. The molecule has 2 N–H and O–H groups in total. The van der Waals surface area contributed by atoms with E-state index in [1.165, 1.54) is 22.9 Å². The molecule has 0 saturated carbocycles. The summed E-state index contributed by atoms with van der Waals surface area (Å²) < 4.78 is 25.8. The Balaban J connectivity index is 2.82. The molecule has 4 nitrogen and oxygen atoms in total. The van der Waals surface area contributed by atoms with Gasteiger partial charge in [-0.05, 0) is 32.9 Å². The van der Waals surface area contributed by atoms with Crippen LogP contribution in [0.15, 0.2) is 18.3 Å². The molecule has 0 spiro atoms. The molecule has 6 heteroatoms. The van der Waals surface area contributed by atoms with Gasteiger partial charge in [-0.15, -0.1) is 0 Å². The third kappa shape index (κ3) is 3.53. The molecule has 1 heterocycles. The highest BCUT2D eigenvalue weighted by molar-refractivity contribution is 5.93. The van der Waals surface area contributed by atoms with Crippen molar-refractivity contribution in [3.05, 3.63) is 24.0 Å². The Hall–Kier alpha value is -1.43. The zero-order valence-corrected chi connectivity index (χ0v) is 10.7. The Morgan fingerprint density at radius 3 is 2.67 bits per heavy atom. The number of alkyl halides is 2. The number of nitrogens with zero attached hydrogens (tertiary/aromatic N) is 1. The van der Waals surface area contributed by atoms with Crippen LogP contribution < -0.4 is 5.32 Å². The number of halogens is 2. The number of hydrogen-bond acceptors (Lipinski definition) is 2. The van der Waals surface area contributed by atoms with E-state index in [2.05, 4.69) is 5.32 Å². The average molecular weight is 260 g/mol. The third-order valence-corrected chi connectivity index (χ3v) is 2.88. The summed E-state index contributed by atoms with van der Waals surface area (Å²) >= 11 is 0. The van der Waals surface area contributed by atoms with Gasteiger partial charge in [0.15, 0.2) is 0 Å². The monoisotopic (exact) mass is 260 g/mol. The minimum absolute atomic E-state index is 0.157. The number of aliphatic hydroxyl groups excluding tert-OH is 1. The lowest BCUT2D eigenvalue weighted by molar-refractivity contribution is 0.0695. The summed E-state index contributed by atoms with van der Waals surface area (Å²) in [6.07, 6.45) is -1.84. The Morgan fingerprint density at radius 2 is 2.17 bits per heavy atom. The van der Waals surface area contributed by atoms with Crippen molar-refractivity contribution in [2.75, 3.05) is 0 Å². The maximum absolute atomic E-state index is 12.3. The lowest BCUT2D eigenvalue weighted by Crippen LogP contribution is -2.51. The first-order valence-corrected chi connectivity index (χ1v) is 5.68. The van der Waals surface area contributed by atoms with Crippen LogP contribution in [0.1, 0.15) is 31.3 Å². The molecule has 0 fully saturated rings. The molecule has 1 aromatic heterocycles. The molecule has 0 aliphatic heterocycles. The Morgan fingerprint density at radius 1 is 1.56 bits per heavy atom.